The average molecular weight is 468 g/mol. The molecule has 0 fully saturated rings. The van der Waals surface area contributed by atoms with Crippen LogP contribution in [0.1, 0.15) is 122 Å². The summed E-state index contributed by atoms with van der Waals surface area (Å²) in [5.74, 6) is -0.559. The molecule has 0 heterocycles. The van der Waals surface area contributed by atoms with Gasteiger partial charge in [-0.15, -0.1) is 0 Å². The summed E-state index contributed by atoms with van der Waals surface area (Å²) < 4.78 is 30.6. The number of amides is 1. The molecule has 0 atom stereocenters. The van der Waals surface area contributed by atoms with Gasteiger partial charge < -0.3 is 9.50 Å². The summed E-state index contributed by atoms with van der Waals surface area (Å²) in [6.07, 6.45) is 12.2. The van der Waals surface area contributed by atoms with Crippen LogP contribution in [-0.4, -0.2) is 26.6 Å². The number of unbranched alkanes of at least 4 members (excludes halogenated alkanes) is 9. The lowest BCUT2D eigenvalue weighted by Crippen LogP contribution is -2.33. The van der Waals surface area contributed by atoms with Gasteiger partial charge in [0.2, 0.25) is 5.91 Å². The number of carbonyl (C=O) groups is 1. The van der Waals surface area contributed by atoms with Crippen molar-refractivity contribution in [2.24, 2.45) is 0 Å². The van der Waals surface area contributed by atoms with Gasteiger partial charge in [-0.25, -0.2) is 0 Å². The van der Waals surface area contributed by atoms with Crippen LogP contribution in [0.4, 0.5) is 0 Å². The fourth-order valence-corrected chi connectivity index (χ4v) is 4.72. The van der Waals surface area contributed by atoms with Crippen LogP contribution in [0.3, 0.4) is 0 Å². The zero-order chi connectivity index (χ0) is 24.0. The van der Waals surface area contributed by atoms with Gasteiger partial charge in [-0.1, -0.05) is 111 Å². The molecule has 1 amide bonds. The van der Waals surface area contributed by atoms with Crippen molar-refractivity contribution in [3.05, 3.63) is 29.3 Å². The number of hydrogen-bond donors (Lipinski definition) is 1. The Balaban J connectivity index is 2.40. The van der Waals surface area contributed by atoms with Gasteiger partial charge in [0, 0.05) is 6.54 Å². The van der Waals surface area contributed by atoms with Gasteiger partial charge in [-0.05, 0) is 29.4 Å². The SMILES string of the molecule is CCCCCCCCCCCCNC(=O)CS(=O)(=O)Oc1c(C(C)C)cccc1C(C)C. The molecule has 0 saturated heterocycles. The number of nitrogens with one attached hydrogen (secondary N) is 1. The molecule has 0 aliphatic carbocycles. The number of hydrogen-bond acceptors (Lipinski definition) is 4. The van der Waals surface area contributed by atoms with Crippen LogP contribution in [0.25, 0.3) is 0 Å². The van der Waals surface area contributed by atoms with E-state index in [1.165, 1.54) is 44.9 Å². The molecular formula is C26H45NO4S. The molecule has 0 unspecified atom stereocenters. The maximum Gasteiger partial charge on any atom is 0.318 e. The van der Waals surface area contributed by atoms with E-state index in [2.05, 4.69) is 12.2 Å². The summed E-state index contributed by atoms with van der Waals surface area (Å²) in [6, 6.07) is 5.68. The Labute approximate surface area is 196 Å². The highest BCUT2D eigenvalue weighted by atomic mass is 32.2. The molecule has 32 heavy (non-hydrogen) atoms. The summed E-state index contributed by atoms with van der Waals surface area (Å²) in [7, 11) is -4.02. The number of para-hydroxylation sites is 1. The van der Waals surface area contributed by atoms with E-state index in [-0.39, 0.29) is 11.8 Å². The molecular weight excluding hydrogens is 422 g/mol. The minimum Gasteiger partial charge on any atom is -0.381 e. The Kier molecular flexibility index (Phi) is 13.6. The Morgan fingerprint density at radius 1 is 0.844 bits per heavy atom. The van der Waals surface area contributed by atoms with Crippen molar-refractivity contribution in [1.29, 1.82) is 0 Å². The lowest BCUT2D eigenvalue weighted by Gasteiger charge is -2.19. The van der Waals surface area contributed by atoms with Crippen LogP contribution in [-0.2, 0) is 14.9 Å². The lowest BCUT2D eigenvalue weighted by molar-refractivity contribution is -0.118. The summed E-state index contributed by atoms with van der Waals surface area (Å²) >= 11 is 0. The van der Waals surface area contributed by atoms with E-state index in [4.69, 9.17) is 4.18 Å². The van der Waals surface area contributed by atoms with Gasteiger partial charge in [0.1, 0.15) is 5.75 Å². The molecule has 5 nitrogen and oxygen atoms in total. The molecule has 0 radical (unpaired) electrons. The van der Waals surface area contributed by atoms with Crippen molar-refractivity contribution in [2.45, 2.75) is 111 Å². The van der Waals surface area contributed by atoms with Gasteiger partial charge in [-0.2, -0.15) is 8.42 Å². The van der Waals surface area contributed by atoms with E-state index >= 15 is 0 Å². The monoisotopic (exact) mass is 467 g/mol. The summed E-state index contributed by atoms with van der Waals surface area (Å²) in [5, 5.41) is 2.73. The number of carbonyl (C=O) groups excluding carboxylic acids is 1. The summed E-state index contributed by atoms with van der Waals surface area (Å²) in [6.45, 7) is 10.7. The quantitative estimate of drug-likeness (QED) is 0.205. The van der Waals surface area contributed by atoms with E-state index in [0.717, 1.165) is 30.4 Å². The Morgan fingerprint density at radius 3 is 1.78 bits per heavy atom. The summed E-state index contributed by atoms with van der Waals surface area (Å²) in [4.78, 5) is 12.2. The Morgan fingerprint density at radius 2 is 1.31 bits per heavy atom. The molecule has 0 aliphatic heterocycles. The van der Waals surface area contributed by atoms with Crippen LogP contribution in [0.2, 0.25) is 0 Å². The molecule has 1 rings (SSSR count). The van der Waals surface area contributed by atoms with Gasteiger partial charge in [0.15, 0.2) is 5.75 Å². The first kappa shape index (κ1) is 28.5. The van der Waals surface area contributed by atoms with E-state index in [1.807, 2.05) is 45.9 Å². The van der Waals surface area contributed by atoms with E-state index in [9.17, 15) is 13.2 Å². The molecule has 1 aromatic rings. The second-order valence-corrected chi connectivity index (χ2v) is 11.0. The highest BCUT2D eigenvalue weighted by molar-refractivity contribution is 7.87. The molecule has 1 aromatic carbocycles. The fourth-order valence-electron chi connectivity index (χ4n) is 3.79. The molecule has 184 valence electrons. The molecule has 6 heteroatoms. The number of benzene rings is 1. The molecule has 1 N–H and O–H groups in total. The van der Waals surface area contributed by atoms with E-state index < -0.39 is 21.8 Å². The minimum atomic E-state index is -4.02. The Hall–Kier alpha value is -1.56. The van der Waals surface area contributed by atoms with Gasteiger partial charge in [-0.3, -0.25) is 4.79 Å². The van der Waals surface area contributed by atoms with Crippen molar-refractivity contribution in [1.82, 2.24) is 5.32 Å². The minimum absolute atomic E-state index is 0.115. The third-order valence-electron chi connectivity index (χ3n) is 5.69. The maximum absolute atomic E-state index is 12.6. The Bertz CT molecular complexity index is 746. The largest absolute Gasteiger partial charge is 0.381 e. The predicted octanol–water partition coefficient (Wildman–Crippen LogP) is 6.68. The van der Waals surface area contributed by atoms with Gasteiger partial charge in [0.25, 0.3) is 0 Å². The van der Waals surface area contributed by atoms with Crippen LogP contribution in [0.5, 0.6) is 5.75 Å². The summed E-state index contributed by atoms with van der Waals surface area (Å²) in [5.41, 5.74) is 1.68. The van der Waals surface area contributed by atoms with Crippen LogP contribution >= 0.6 is 0 Å². The first-order valence-corrected chi connectivity index (χ1v) is 14.1. The molecule has 0 bridgehead atoms. The van der Waals surface area contributed by atoms with Crippen molar-refractivity contribution < 1.29 is 17.4 Å². The van der Waals surface area contributed by atoms with E-state index in [1.54, 1.807) is 0 Å². The van der Waals surface area contributed by atoms with Crippen LogP contribution < -0.4 is 9.50 Å². The second kappa shape index (κ2) is 15.3. The van der Waals surface area contributed by atoms with Crippen molar-refractivity contribution in [3.8, 4) is 5.75 Å². The third-order valence-corrected chi connectivity index (χ3v) is 6.73. The zero-order valence-electron chi connectivity index (χ0n) is 20.9. The third kappa shape index (κ3) is 11.3. The fraction of sp³-hybridized carbons (Fsp3) is 0.731. The molecule has 0 saturated carbocycles. The number of rotatable bonds is 17. The second-order valence-electron chi connectivity index (χ2n) is 9.39. The molecule has 0 aromatic heterocycles. The highest BCUT2D eigenvalue weighted by Gasteiger charge is 2.23. The molecule has 0 spiro atoms. The maximum atomic E-state index is 12.6. The van der Waals surface area contributed by atoms with Gasteiger partial charge >= 0.3 is 10.1 Å². The first-order valence-electron chi connectivity index (χ1n) is 12.5. The molecule has 0 aliphatic rings. The first-order chi connectivity index (χ1) is 15.2. The lowest BCUT2D eigenvalue weighted by atomic mass is 9.94. The standard InChI is InChI=1S/C26H45NO4S/c1-6-7-8-9-10-11-12-13-14-15-19-27-25(28)20-32(29,30)31-26-23(21(2)3)17-16-18-24(26)22(4)5/h16-18,21-22H,6-15,19-20H2,1-5H3,(H,27,28). The van der Waals surface area contributed by atoms with Crippen molar-refractivity contribution in [3.63, 3.8) is 0 Å². The topological polar surface area (TPSA) is 72.5 Å². The van der Waals surface area contributed by atoms with Crippen molar-refractivity contribution in [2.75, 3.05) is 12.3 Å². The average Bonchev–Trinajstić information content (AvgIpc) is 2.71. The normalized spacial score (nSPS) is 11.8. The smallest absolute Gasteiger partial charge is 0.318 e. The van der Waals surface area contributed by atoms with Crippen LogP contribution in [0, 0.1) is 0 Å². The van der Waals surface area contributed by atoms with E-state index in [0.29, 0.717) is 12.3 Å². The predicted molar refractivity (Wildman–Crippen MR) is 134 cm³/mol. The zero-order valence-corrected chi connectivity index (χ0v) is 21.7. The highest BCUT2D eigenvalue weighted by Crippen LogP contribution is 2.35. The van der Waals surface area contributed by atoms with Crippen molar-refractivity contribution >= 4 is 16.0 Å². The van der Waals surface area contributed by atoms with Crippen LogP contribution in [0.15, 0.2) is 18.2 Å². The van der Waals surface area contributed by atoms with Gasteiger partial charge in [0.05, 0.1) is 0 Å².